The second-order valence-electron chi connectivity index (χ2n) is 5.17. The number of benzene rings is 2. The molecule has 0 bridgehead atoms. The van der Waals surface area contributed by atoms with Crippen LogP contribution >= 0.6 is 0 Å². The molecule has 0 radical (unpaired) electrons. The Morgan fingerprint density at radius 1 is 1.05 bits per heavy atom. The Morgan fingerprint density at radius 2 is 1.67 bits per heavy atom. The third-order valence-corrected chi connectivity index (χ3v) is 3.16. The van der Waals surface area contributed by atoms with Crippen LogP contribution in [0, 0.1) is 5.82 Å². The lowest BCUT2D eigenvalue weighted by molar-refractivity contribution is 0.0947. The maximum Gasteiger partial charge on any atom is 0.254 e. The van der Waals surface area contributed by atoms with Gasteiger partial charge >= 0.3 is 0 Å². The number of hydrogen-bond donors (Lipinski definition) is 1. The molecule has 0 aliphatic rings. The summed E-state index contributed by atoms with van der Waals surface area (Å²) < 4.78 is 13.5. The highest BCUT2D eigenvalue weighted by molar-refractivity contribution is 5.94. The maximum absolute atomic E-state index is 13.5. The summed E-state index contributed by atoms with van der Waals surface area (Å²) in [5.74, 6) is -0.899. The monoisotopic (exact) mass is 286 g/mol. The molecule has 0 heterocycles. The smallest absolute Gasteiger partial charge is 0.254 e. The molecule has 0 aromatic heterocycles. The zero-order valence-corrected chi connectivity index (χ0v) is 12.3. The summed E-state index contributed by atoms with van der Waals surface area (Å²) in [5, 5.41) is 2.77. The molecule has 1 N–H and O–H groups in total. The van der Waals surface area contributed by atoms with Gasteiger partial charge in [-0.25, -0.2) is 4.39 Å². The van der Waals surface area contributed by atoms with Crippen molar-refractivity contribution in [2.24, 2.45) is 0 Å². The number of nitrogens with one attached hydrogen (secondary N) is 1. The molecule has 0 saturated heterocycles. The van der Waals surface area contributed by atoms with Crippen molar-refractivity contribution in [1.82, 2.24) is 10.2 Å². The molecule has 0 spiro atoms. The Bertz CT molecular complexity index is 626. The summed E-state index contributed by atoms with van der Waals surface area (Å²) in [4.78, 5) is 14.1. The van der Waals surface area contributed by atoms with Crippen LogP contribution in [0.1, 0.15) is 21.5 Å². The summed E-state index contributed by atoms with van der Waals surface area (Å²) in [5.41, 5.74) is 2.26. The van der Waals surface area contributed by atoms with E-state index in [1.54, 1.807) is 12.1 Å². The molecule has 21 heavy (non-hydrogen) atoms. The average Bonchev–Trinajstić information content (AvgIpc) is 2.46. The Hall–Kier alpha value is -2.20. The second-order valence-corrected chi connectivity index (χ2v) is 5.17. The zero-order chi connectivity index (χ0) is 15.2. The van der Waals surface area contributed by atoms with E-state index in [2.05, 4.69) is 10.2 Å². The van der Waals surface area contributed by atoms with E-state index < -0.39 is 11.7 Å². The van der Waals surface area contributed by atoms with E-state index in [9.17, 15) is 9.18 Å². The highest BCUT2D eigenvalue weighted by Crippen LogP contribution is 2.11. The van der Waals surface area contributed by atoms with Gasteiger partial charge in [-0.2, -0.15) is 0 Å². The minimum Gasteiger partial charge on any atom is -0.348 e. The molecule has 0 atom stereocenters. The molecule has 110 valence electrons. The van der Waals surface area contributed by atoms with Crippen LogP contribution in [0.4, 0.5) is 4.39 Å². The SMILES string of the molecule is CN(C)Cc1ccccc1CNC(=O)c1ccccc1F. The molecule has 4 heteroatoms. The molecule has 0 aliphatic heterocycles. The number of rotatable bonds is 5. The molecule has 0 aliphatic carbocycles. The van der Waals surface area contributed by atoms with Gasteiger partial charge in [-0.1, -0.05) is 36.4 Å². The summed E-state index contributed by atoms with van der Waals surface area (Å²) in [6, 6.07) is 13.9. The third kappa shape index (κ3) is 4.13. The maximum atomic E-state index is 13.5. The fraction of sp³-hybridized carbons (Fsp3) is 0.235. The van der Waals surface area contributed by atoms with Crippen molar-refractivity contribution in [3.63, 3.8) is 0 Å². The van der Waals surface area contributed by atoms with Crippen molar-refractivity contribution in [2.75, 3.05) is 14.1 Å². The van der Waals surface area contributed by atoms with E-state index in [1.165, 1.54) is 12.1 Å². The number of carbonyl (C=O) groups is 1. The van der Waals surface area contributed by atoms with Gasteiger partial charge in [0.15, 0.2) is 0 Å². The van der Waals surface area contributed by atoms with Crippen LogP contribution in [-0.2, 0) is 13.1 Å². The van der Waals surface area contributed by atoms with Gasteiger partial charge in [-0.05, 0) is 37.4 Å². The Kier molecular flexibility index (Phi) is 5.06. The number of carbonyl (C=O) groups excluding carboxylic acids is 1. The van der Waals surface area contributed by atoms with Crippen LogP contribution in [0.25, 0.3) is 0 Å². The van der Waals surface area contributed by atoms with E-state index in [0.717, 1.165) is 17.7 Å². The first-order chi connectivity index (χ1) is 10.1. The summed E-state index contributed by atoms with van der Waals surface area (Å²) >= 11 is 0. The van der Waals surface area contributed by atoms with Crippen molar-refractivity contribution < 1.29 is 9.18 Å². The first kappa shape index (κ1) is 15.2. The number of halogens is 1. The molecule has 2 aromatic carbocycles. The van der Waals surface area contributed by atoms with E-state index >= 15 is 0 Å². The van der Waals surface area contributed by atoms with Crippen molar-refractivity contribution in [2.45, 2.75) is 13.1 Å². The second kappa shape index (κ2) is 6.99. The first-order valence-electron chi connectivity index (χ1n) is 6.82. The van der Waals surface area contributed by atoms with Gasteiger partial charge in [-0.3, -0.25) is 4.79 Å². The number of amides is 1. The standard InChI is InChI=1S/C17H19FN2O/c1-20(2)12-14-8-4-3-7-13(14)11-19-17(21)15-9-5-6-10-16(15)18/h3-10H,11-12H2,1-2H3,(H,19,21). The van der Waals surface area contributed by atoms with Crippen molar-refractivity contribution in [3.8, 4) is 0 Å². The molecular formula is C17H19FN2O. The van der Waals surface area contributed by atoms with Crippen LogP contribution in [-0.4, -0.2) is 24.9 Å². The van der Waals surface area contributed by atoms with E-state index in [-0.39, 0.29) is 5.56 Å². The lowest BCUT2D eigenvalue weighted by atomic mass is 10.1. The minimum absolute atomic E-state index is 0.0718. The molecule has 3 nitrogen and oxygen atoms in total. The predicted molar refractivity (Wildman–Crippen MR) is 81.4 cm³/mol. The van der Waals surface area contributed by atoms with Crippen LogP contribution < -0.4 is 5.32 Å². The summed E-state index contributed by atoms with van der Waals surface area (Å²) in [7, 11) is 3.99. The molecule has 0 unspecified atom stereocenters. The minimum atomic E-state index is -0.503. The lowest BCUT2D eigenvalue weighted by Crippen LogP contribution is -2.25. The summed E-state index contributed by atoms with van der Waals surface area (Å²) in [6.45, 7) is 1.18. The van der Waals surface area contributed by atoms with Gasteiger partial charge in [0.25, 0.3) is 5.91 Å². The Morgan fingerprint density at radius 3 is 2.33 bits per heavy atom. The van der Waals surface area contributed by atoms with Crippen LogP contribution in [0.15, 0.2) is 48.5 Å². The molecular weight excluding hydrogens is 267 g/mol. The van der Waals surface area contributed by atoms with Crippen LogP contribution in [0.2, 0.25) is 0 Å². The van der Waals surface area contributed by atoms with Gasteiger partial charge in [0.05, 0.1) is 5.56 Å². The van der Waals surface area contributed by atoms with Crippen molar-refractivity contribution in [3.05, 3.63) is 71.0 Å². The highest BCUT2D eigenvalue weighted by atomic mass is 19.1. The first-order valence-corrected chi connectivity index (χ1v) is 6.82. The Labute approximate surface area is 124 Å². The van der Waals surface area contributed by atoms with E-state index in [0.29, 0.717) is 6.54 Å². The normalized spacial score (nSPS) is 10.7. The lowest BCUT2D eigenvalue weighted by Gasteiger charge is -2.14. The average molecular weight is 286 g/mol. The number of nitrogens with zero attached hydrogens (tertiary/aromatic N) is 1. The Balaban J connectivity index is 2.07. The van der Waals surface area contributed by atoms with Gasteiger partial charge < -0.3 is 10.2 Å². The van der Waals surface area contributed by atoms with Crippen molar-refractivity contribution in [1.29, 1.82) is 0 Å². The van der Waals surface area contributed by atoms with E-state index in [1.807, 2.05) is 38.4 Å². The van der Waals surface area contributed by atoms with E-state index in [4.69, 9.17) is 0 Å². The van der Waals surface area contributed by atoms with Crippen molar-refractivity contribution >= 4 is 5.91 Å². The zero-order valence-electron chi connectivity index (χ0n) is 12.3. The largest absolute Gasteiger partial charge is 0.348 e. The highest BCUT2D eigenvalue weighted by Gasteiger charge is 2.11. The van der Waals surface area contributed by atoms with Gasteiger partial charge in [0.2, 0.25) is 0 Å². The van der Waals surface area contributed by atoms with Crippen LogP contribution in [0.3, 0.4) is 0 Å². The van der Waals surface area contributed by atoms with Gasteiger partial charge in [0, 0.05) is 13.1 Å². The molecule has 2 aromatic rings. The predicted octanol–water partition coefficient (Wildman–Crippen LogP) is 2.82. The van der Waals surface area contributed by atoms with Gasteiger partial charge in [-0.15, -0.1) is 0 Å². The topological polar surface area (TPSA) is 32.3 Å². The number of hydrogen-bond acceptors (Lipinski definition) is 2. The fourth-order valence-corrected chi connectivity index (χ4v) is 2.14. The van der Waals surface area contributed by atoms with Crippen LogP contribution in [0.5, 0.6) is 0 Å². The quantitative estimate of drug-likeness (QED) is 0.916. The molecule has 0 saturated carbocycles. The third-order valence-electron chi connectivity index (χ3n) is 3.16. The molecule has 1 amide bonds. The molecule has 0 fully saturated rings. The molecule has 2 rings (SSSR count). The summed E-state index contributed by atoms with van der Waals surface area (Å²) in [6.07, 6.45) is 0. The van der Waals surface area contributed by atoms with Gasteiger partial charge in [0.1, 0.15) is 5.82 Å². The fourth-order valence-electron chi connectivity index (χ4n) is 2.14.